The fraction of sp³-hybridized carbons (Fsp3) is 0.324. The van der Waals surface area contributed by atoms with Gasteiger partial charge in [0.25, 0.3) is 0 Å². The number of likely N-dealkylation sites (tertiary alicyclic amines) is 1. The van der Waals surface area contributed by atoms with E-state index < -0.39 is 0 Å². The van der Waals surface area contributed by atoms with Gasteiger partial charge < -0.3 is 25.0 Å². The second-order valence-electron chi connectivity index (χ2n) is 11.6. The van der Waals surface area contributed by atoms with Crippen molar-refractivity contribution >= 4 is 39.9 Å². The van der Waals surface area contributed by atoms with Crippen molar-refractivity contribution in [1.29, 1.82) is 0 Å². The molecule has 2 aromatic carbocycles. The number of amides is 2. The SMILES string of the molecule is COc1cc(OC2CCN(C)CC2)ccc1Nc1cc(N(C)C(=O)Nc2cccc3c2c(C)nn3Cc2cccc(C)n2)ncn1. The van der Waals surface area contributed by atoms with Crippen molar-refractivity contribution < 1.29 is 14.3 Å². The van der Waals surface area contributed by atoms with Gasteiger partial charge >= 0.3 is 6.03 Å². The van der Waals surface area contributed by atoms with Crippen LogP contribution in [-0.2, 0) is 6.54 Å². The number of piperidine rings is 1. The van der Waals surface area contributed by atoms with Crippen LogP contribution in [0.2, 0.25) is 0 Å². The lowest BCUT2D eigenvalue weighted by Crippen LogP contribution is -2.35. The number of rotatable bonds is 9. The molecule has 12 heteroatoms. The predicted octanol–water partition coefficient (Wildman–Crippen LogP) is 5.78. The van der Waals surface area contributed by atoms with E-state index in [0.29, 0.717) is 29.6 Å². The summed E-state index contributed by atoms with van der Waals surface area (Å²) < 4.78 is 13.8. The van der Waals surface area contributed by atoms with E-state index in [1.54, 1.807) is 20.2 Å². The van der Waals surface area contributed by atoms with Gasteiger partial charge in [0.15, 0.2) is 0 Å². The number of carbonyl (C=O) groups is 1. The molecular weight excluding hydrogens is 582 g/mol. The highest BCUT2D eigenvalue weighted by molar-refractivity contribution is 6.07. The minimum Gasteiger partial charge on any atom is -0.494 e. The summed E-state index contributed by atoms with van der Waals surface area (Å²) in [6.45, 7) is 6.48. The second kappa shape index (κ2) is 13.4. The Labute approximate surface area is 268 Å². The molecule has 1 aliphatic heterocycles. The number of nitrogens with zero attached hydrogens (tertiary/aromatic N) is 7. The number of aryl methyl sites for hydroxylation is 2. The van der Waals surface area contributed by atoms with Gasteiger partial charge in [0.2, 0.25) is 0 Å². The summed E-state index contributed by atoms with van der Waals surface area (Å²) in [4.78, 5) is 30.5. The standard InChI is InChI=1S/C34H39N9O3/c1-22-8-6-9-24(37-22)20-43-29-11-7-10-28(33(29)23(2)40-43)39-34(44)42(4)32-19-31(35-21-36-32)38-27-13-12-26(18-30(27)45-5)46-25-14-16-41(3)17-15-25/h6-13,18-19,21,25H,14-17,20H2,1-5H3,(H,39,44)(H,35,36,38). The largest absolute Gasteiger partial charge is 0.494 e. The Morgan fingerprint density at radius 3 is 2.61 bits per heavy atom. The van der Waals surface area contributed by atoms with Crippen LogP contribution >= 0.6 is 0 Å². The third kappa shape index (κ3) is 6.86. The number of aromatic nitrogens is 5. The quantitative estimate of drug-likeness (QED) is 0.211. The summed E-state index contributed by atoms with van der Waals surface area (Å²) in [6, 6.07) is 18.8. The Bertz CT molecular complexity index is 1850. The minimum atomic E-state index is -0.349. The van der Waals surface area contributed by atoms with Gasteiger partial charge in [0, 0.05) is 43.4 Å². The first-order chi connectivity index (χ1) is 22.3. The number of hydrogen-bond donors (Lipinski definition) is 2. The summed E-state index contributed by atoms with van der Waals surface area (Å²) in [5, 5.41) is 12.0. The Morgan fingerprint density at radius 1 is 1.02 bits per heavy atom. The molecule has 3 aromatic heterocycles. The highest BCUT2D eigenvalue weighted by Crippen LogP contribution is 2.33. The molecule has 1 saturated heterocycles. The topological polar surface area (TPSA) is 123 Å². The Balaban J connectivity index is 1.15. The first kappa shape index (κ1) is 30.8. The lowest BCUT2D eigenvalue weighted by atomic mass is 10.1. The van der Waals surface area contributed by atoms with Crippen LogP contribution in [0.15, 0.2) is 67.0 Å². The number of carbonyl (C=O) groups excluding carboxylic acids is 1. The van der Waals surface area contributed by atoms with Gasteiger partial charge in [-0.05, 0) is 70.1 Å². The van der Waals surface area contributed by atoms with Crippen molar-refractivity contribution in [2.75, 3.05) is 49.8 Å². The van der Waals surface area contributed by atoms with Crippen molar-refractivity contribution in [3.8, 4) is 11.5 Å². The number of ether oxygens (including phenoxy) is 2. The predicted molar refractivity (Wildman–Crippen MR) is 179 cm³/mol. The van der Waals surface area contributed by atoms with Crippen LogP contribution in [0.1, 0.15) is 29.9 Å². The molecule has 0 unspecified atom stereocenters. The molecule has 2 N–H and O–H groups in total. The molecule has 0 bridgehead atoms. The Kier molecular flexibility index (Phi) is 8.97. The molecule has 0 aliphatic carbocycles. The molecule has 0 saturated carbocycles. The molecule has 4 heterocycles. The molecule has 2 amide bonds. The van der Waals surface area contributed by atoms with Gasteiger partial charge in [-0.25, -0.2) is 14.8 Å². The second-order valence-corrected chi connectivity index (χ2v) is 11.6. The third-order valence-electron chi connectivity index (χ3n) is 8.16. The minimum absolute atomic E-state index is 0.189. The van der Waals surface area contributed by atoms with Crippen LogP contribution in [0.25, 0.3) is 10.9 Å². The fourth-order valence-corrected chi connectivity index (χ4v) is 5.67. The molecule has 12 nitrogen and oxygen atoms in total. The third-order valence-corrected chi connectivity index (χ3v) is 8.16. The zero-order chi connectivity index (χ0) is 32.2. The van der Waals surface area contributed by atoms with Gasteiger partial charge in [-0.3, -0.25) is 14.6 Å². The van der Waals surface area contributed by atoms with Crippen molar-refractivity contribution in [3.05, 3.63) is 84.1 Å². The molecule has 46 heavy (non-hydrogen) atoms. The maximum absolute atomic E-state index is 13.5. The normalized spacial score (nSPS) is 13.8. The monoisotopic (exact) mass is 621 g/mol. The van der Waals surface area contributed by atoms with Gasteiger partial charge in [0.1, 0.15) is 35.6 Å². The molecule has 0 atom stereocenters. The first-order valence-electron chi connectivity index (χ1n) is 15.3. The summed E-state index contributed by atoms with van der Waals surface area (Å²) in [5.41, 5.74) is 4.97. The van der Waals surface area contributed by atoms with Gasteiger partial charge in [-0.2, -0.15) is 5.10 Å². The lowest BCUT2D eigenvalue weighted by molar-refractivity contribution is 0.114. The zero-order valence-electron chi connectivity index (χ0n) is 26.8. The molecule has 1 aliphatic rings. The number of benzene rings is 2. The van der Waals surface area contributed by atoms with Gasteiger partial charge in [-0.1, -0.05) is 12.1 Å². The molecular formula is C34H39N9O3. The van der Waals surface area contributed by atoms with E-state index in [2.05, 4.69) is 37.5 Å². The van der Waals surface area contributed by atoms with E-state index in [0.717, 1.165) is 65.4 Å². The van der Waals surface area contributed by atoms with E-state index in [1.165, 1.54) is 11.2 Å². The first-order valence-corrected chi connectivity index (χ1v) is 15.3. The summed E-state index contributed by atoms with van der Waals surface area (Å²) >= 11 is 0. The molecule has 238 valence electrons. The van der Waals surface area contributed by atoms with Gasteiger partial charge in [-0.15, -0.1) is 0 Å². The van der Waals surface area contributed by atoms with Crippen LogP contribution in [0.5, 0.6) is 11.5 Å². The van der Waals surface area contributed by atoms with E-state index in [1.807, 2.05) is 73.1 Å². The molecule has 1 fully saturated rings. The number of nitrogens with one attached hydrogen (secondary N) is 2. The average molecular weight is 622 g/mol. The van der Waals surface area contributed by atoms with Crippen LogP contribution in [0, 0.1) is 13.8 Å². The molecule has 5 aromatic rings. The van der Waals surface area contributed by atoms with E-state index in [9.17, 15) is 4.79 Å². The average Bonchev–Trinajstić information content (AvgIpc) is 3.37. The van der Waals surface area contributed by atoms with Crippen molar-refractivity contribution in [3.63, 3.8) is 0 Å². The maximum Gasteiger partial charge on any atom is 0.327 e. The van der Waals surface area contributed by atoms with Crippen molar-refractivity contribution in [2.45, 2.75) is 39.3 Å². The summed E-state index contributed by atoms with van der Waals surface area (Å²) in [5.74, 6) is 2.32. The van der Waals surface area contributed by atoms with Crippen LogP contribution < -0.4 is 25.0 Å². The van der Waals surface area contributed by atoms with E-state index in [4.69, 9.17) is 14.6 Å². The summed E-state index contributed by atoms with van der Waals surface area (Å²) in [7, 11) is 5.42. The maximum atomic E-state index is 13.5. The zero-order valence-corrected chi connectivity index (χ0v) is 26.8. The molecule has 0 radical (unpaired) electrons. The van der Waals surface area contributed by atoms with Crippen LogP contribution in [0.3, 0.4) is 0 Å². The van der Waals surface area contributed by atoms with Crippen molar-refractivity contribution in [2.24, 2.45) is 0 Å². The number of fused-ring (bicyclic) bond motifs is 1. The Hall–Kier alpha value is -5.23. The number of anilines is 4. The number of urea groups is 1. The lowest BCUT2D eigenvalue weighted by Gasteiger charge is -2.29. The number of hydrogen-bond acceptors (Lipinski definition) is 9. The van der Waals surface area contributed by atoms with Crippen LogP contribution in [0.4, 0.5) is 27.8 Å². The van der Waals surface area contributed by atoms with E-state index >= 15 is 0 Å². The fourth-order valence-electron chi connectivity index (χ4n) is 5.67. The van der Waals surface area contributed by atoms with Crippen LogP contribution in [-0.4, -0.2) is 76.1 Å². The number of pyridine rings is 1. The molecule has 0 spiro atoms. The smallest absolute Gasteiger partial charge is 0.327 e. The highest BCUT2D eigenvalue weighted by Gasteiger charge is 2.20. The number of methoxy groups -OCH3 is 1. The summed E-state index contributed by atoms with van der Waals surface area (Å²) in [6.07, 6.45) is 3.59. The van der Waals surface area contributed by atoms with Crippen molar-refractivity contribution in [1.82, 2.24) is 29.6 Å². The molecule has 6 rings (SSSR count). The highest BCUT2D eigenvalue weighted by atomic mass is 16.5. The Morgan fingerprint density at radius 2 is 1.83 bits per heavy atom. The van der Waals surface area contributed by atoms with E-state index in [-0.39, 0.29) is 12.1 Å². The van der Waals surface area contributed by atoms with Gasteiger partial charge in [0.05, 0.1) is 41.9 Å².